The second-order valence-corrected chi connectivity index (χ2v) is 4.72. The van der Waals surface area contributed by atoms with Gasteiger partial charge < -0.3 is 12.4 Å². The highest BCUT2D eigenvalue weighted by atomic mass is 35.5. The van der Waals surface area contributed by atoms with E-state index in [0.29, 0.717) is 0 Å². The molecule has 86 valence electrons. The highest BCUT2D eigenvalue weighted by Crippen LogP contribution is 2.25. The lowest BCUT2D eigenvalue weighted by molar-refractivity contribution is -0.688. The number of rotatable bonds is 2. The van der Waals surface area contributed by atoms with Gasteiger partial charge in [-0.05, 0) is 6.07 Å². The van der Waals surface area contributed by atoms with Crippen LogP contribution in [0.25, 0.3) is 10.1 Å². The molecular formula is C14H12ClNS. The topological polar surface area (TPSA) is 3.88 Å². The SMILES string of the molecule is [Cl-].c1cc[n+](Cc2csc3ccccc23)cc1. The average molecular weight is 262 g/mol. The van der Waals surface area contributed by atoms with E-state index in [1.165, 1.54) is 15.6 Å². The number of pyridine rings is 1. The Bertz CT molecular complexity index is 604. The second kappa shape index (κ2) is 5.30. The Morgan fingerprint density at radius 2 is 1.71 bits per heavy atom. The summed E-state index contributed by atoms with van der Waals surface area (Å²) in [5.74, 6) is 0. The van der Waals surface area contributed by atoms with E-state index in [1.54, 1.807) is 0 Å². The van der Waals surface area contributed by atoms with Gasteiger partial charge in [0.1, 0.15) is 0 Å². The predicted molar refractivity (Wildman–Crippen MR) is 67.6 cm³/mol. The van der Waals surface area contributed by atoms with E-state index in [9.17, 15) is 0 Å². The van der Waals surface area contributed by atoms with Gasteiger partial charge in [-0.1, -0.05) is 24.3 Å². The molecule has 3 heteroatoms. The van der Waals surface area contributed by atoms with Crippen LogP contribution in [0.5, 0.6) is 0 Å². The molecule has 0 amide bonds. The highest BCUT2D eigenvalue weighted by molar-refractivity contribution is 7.17. The third kappa shape index (κ3) is 2.48. The maximum absolute atomic E-state index is 2.25. The van der Waals surface area contributed by atoms with E-state index < -0.39 is 0 Å². The van der Waals surface area contributed by atoms with Crippen molar-refractivity contribution >= 4 is 21.4 Å². The van der Waals surface area contributed by atoms with Gasteiger partial charge in [-0.2, -0.15) is 0 Å². The lowest BCUT2D eigenvalue weighted by Crippen LogP contribution is -3.00. The van der Waals surface area contributed by atoms with Gasteiger partial charge in [-0.25, -0.2) is 4.57 Å². The molecule has 2 heterocycles. The molecule has 3 aromatic rings. The molecule has 3 rings (SSSR count). The summed E-state index contributed by atoms with van der Waals surface area (Å²) in [6.45, 7) is 0.949. The first-order valence-electron chi connectivity index (χ1n) is 5.33. The summed E-state index contributed by atoms with van der Waals surface area (Å²) < 4.78 is 3.57. The Hall–Kier alpha value is -1.38. The fourth-order valence-electron chi connectivity index (χ4n) is 1.89. The highest BCUT2D eigenvalue weighted by Gasteiger charge is 2.07. The van der Waals surface area contributed by atoms with Crippen LogP contribution in [0.4, 0.5) is 0 Å². The van der Waals surface area contributed by atoms with Gasteiger partial charge in [0.05, 0.1) is 0 Å². The Morgan fingerprint density at radius 1 is 0.941 bits per heavy atom. The van der Waals surface area contributed by atoms with Gasteiger partial charge in [-0.3, -0.25) is 0 Å². The summed E-state index contributed by atoms with van der Waals surface area (Å²) in [6.07, 6.45) is 4.21. The number of benzene rings is 1. The van der Waals surface area contributed by atoms with Crippen molar-refractivity contribution in [1.82, 2.24) is 0 Å². The van der Waals surface area contributed by atoms with Gasteiger partial charge in [-0.15, -0.1) is 11.3 Å². The van der Waals surface area contributed by atoms with Crippen molar-refractivity contribution in [2.24, 2.45) is 0 Å². The van der Waals surface area contributed by atoms with E-state index in [4.69, 9.17) is 0 Å². The second-order valence-electron chi connectivity index (χ2n) is 3.80. The maximum Gasteiger partial charge on any atom is 0.175 e. The molecule has 0 saturated carbocycles. The first kappa shape index (κ1) is 12.1. The number of hydrogen-bond donors (Lipinski definition) is 0. The molecule has 1 aromatic carbocycles. The van der Waals surface area contributed by atoms with E-state index >= 15 is 0 Å². The smallest absolute Gasteiger partial charge is 0.175 e. The standard InChI is InChI=1S/C14H12NS.ClH/c1-4-8-15(9-5-1)10-12-11-16-14-7-3-2-6-13(12)14;/h1-9,11H,10H2;1H/q+1;/p-1. The normalized spacial score (nSPS) is 10.1. The molecule has 2 aromatic heterocycles. The molecule has 17 heavy (non-hydrogen) atoms. The van der Waals surface area contributed by atoms with Crippen LogP contribution in [-0.4, -0.2) is 0 Å². The lowest BCUT2D eigenvalue weighted by Gasteiger charge is -1.95. The van der Waals surface area contributed by atoms with Gasteiger partial charge >= 0.3 is 0 Å². The van der Waals surface area contributed by atoms with Crippen LogP contribution < -0.4 is 17.0 Å². The Kier molecular flexibility index (Phi) is 3.77. The lowest BCUT2D eigenvalue weighted by atomic mass is 10.2. The summed E-state index contributed by atoms with van der Waals surface area (Å²) in [4.78, 5) is 0. The zero-order valence-corrected chi connectivity index (χ0v) is 10.8. The molecule has 0 bridgehead atoms. The minimum absolute atomic E-state index is 0. The monoisotopic (exact) mass is 261 g/mol. The molecule has 0 fully saturated rings. The number of aromatic nitrogens is 1. The minimum Gasteiger partial charge on any atom is -1.00 e. The molecule has 0 spiro atoms. The van der Waals surface area contributed by atoms with E-state index in [-0.39, 0.29) is 12.4 Å². The summed E-state index contributed by atoms with van der Waals surface area (Å²) in [6, 6.07) is 14.8. The summed E-state index contributed by atoms with van der Waals surface area (Å²) in [5, 5.41) is 3.63. The van der Waals surface area contributed by atoms with Crippen molar-refractivity contribution in [3.05, 3.63) is 65.8 Å². The van der Waals surface area contributed by atoms with Gasteiger partial charge in [0.2, 0.25) is 0 Å². The first-order chi connectivity index (χ1) is 7.93. The fraction of sp³-hybridized carbons (Fsp3) is 0.0714. The van der Waals surface area contributed by atoms with Crippen molar-refractivity contribution in [3.8, 4) is 0 Å². The zero-order valence-electron chi connectivity index (χ0n) is 9.21. The van der Waals surface area contributed by atoms with Crippen molar-refractivity contribution in [2.45, 2.75) is 6.54 Å². The molecule has 0 atom stereocenters. The van der Waals surface area contributed by atoms with E-state index in [0.717, 1.165) is 6.54 Å². The molecule has 0 aliphatic heterocycles. The molecule has 0 aliphatic carbocycles. The number of fused-ring (bicyclic) bond motifs is 1. The molecule has 1 nitrogen and oxygen atoms in total. The number of hydrogen-bond acceptors (Lipinski definition) is 1. The van der Waals surface area contributed by atoms with Gasteiger partial charge in [0.15, 0.2) is 18.9 Å². The Labute approximate surface area is 111 Å². The number of thiophene rings is 1. The fourth-order valence-corrected chi connectivity index (χ4v) is 2.85. The van der Waals surface area contributed by atoms with E-state index in [1.807, 2.05) is 17.4 Å². The van der Waals surface area contributed by atoms with Crippen LogP contribution in [0.3, 0.4) is 0 Å². The number of nitrogens with zero attached hydrogens (tertiary/aromatic N) is 1. The maximum atomic E-state index is 2.25. The summed E-state index contributed by atoms with van der Waals surface area (Å²) >= 11 is 1.82. The van der Waals surface area contributed by atoms with Crippen LogP contribution in [-0.2, 0) is 6.54 Å². The molecule has 0 aliphatic rings. The Balaban J connectivity index is 0.00000108. The predicted octanol–water partition coefficient (Wildman–Crippen LogP) is 0.241. The van der Waals surface area contributed by atoms with Crippen LogP contribution in [0.15, 0.2) is 60.2 Å². The average Bonchev–Trinajstić information content (AvgIpc) is 2.74. The van der Waals surface area contributed by atoms with Crippen molar-refractivity contribution in [1.29, 1.82) is 0 Å². The van der Waals surface area contributed by atoms with Crippen LogP contribution >= 0.6 is 11.3 Å². The minimum atomic E-state index is 0. The third-order valence-corrected chi connectivity index (χ3v) is 3.70. The van der Waals surface area contributed by atoms with Crippen LogP contribution in [0.2, 0.25) is 0 Å². The van der Waals surface area contributed by atoms with Crippen molar-refractivity contribution < 1.29 is 17.0 Å². The largest absolute Gasteiger partial charge is 1.00 e. The Morgan fingerprint density at radius 3 is 2.53 bits per heavy atom. The molecular weight excluding hydrogens is 250 g/mol. The van der Waals surface area contributed by atoms with E-state index in [2.05, 4.69) is 58.7 Å². The third-order valence-electron chi connectivity index (χ3n) is 2.69. The molecule has 0 unspecified atom stereocenters. The summed E-state index contributed by atoms with van der Waals surface area (Å²) in [5.41, 5.74) is 1.40. The molecule has 0 radical (unpaired) electrons. The van der Waals surface area contributed by atoms with Crippen molar-refractivity contribution in [3.63, 3.8) is 0 Å². The van der Waals surface area contributed by atoms with Crippen LogP contribution in [0.1, 0.15) is 5.56 Å². The number of halogens is 1. The molecule has 0 saturated heterocycles. The van der Waals surface area contributed by atoms with Crippen molar-refractivity contribution in [2.75, 3.05) is 0 Å². The van der Waals surface area contributed by atoms with Crippen LogP contribution in [0, 0.1) is 0 Å². The summed E-state index contributed by atoms with van der Waals surface area (Å²) in [7, 11) is 0. The van der Waals surface area contributed by atoms with Gasteiger partial charge in [0, 0.05) is 33.2 Å². The quantitative estimate of drug-likeness (QED) is 0.582. The first-order valence-corrected chi connectivity index (χ1v) is 6.21. The zero-order chi connectivity index (χ0) is 10.8. The van der Waals surface area contributed by atoms with Gasteiger partial charge in [0.25, 0.3) is 0 Å². The molecule has 0 N–H and O–H groups in total.